The van der Waals surface area contributed by atoms with Crippen LogP contribution in [0, 0.1) is 5.92 Å². The van der Waals surface area contributed by atoms with Gasteiger partial charge in [-0.25, -0.2) is 4.79 Å². The van der Waals surface area contributed by atoms with Crippen molar-refractivity contribution in [1.29, 1.82) is 0 Å². The molecule has 1 aliphatic rings. The maximum absolute atomic E-state index is 12.1. The lowest BCUT2D eigenvalue weighted by Gasteiger charge is -2.23. The number of carbonyl (C=O) groups is 4. The van der Waals surface area contributed by atoms with Crippen molar-refractivity contribution >= 4 is 23.7 Å². The van der Waals surface area contributed by atoms with Gasteiger partial charge in [-0.15, -0.1) is 0 Å². The molecule has 0 aliphatic carbocycles. The summed E-state index contributed by atoms with van der Waals surface area (Å²) in [6.07, 6.45) is 1.52. The van der Waals surface area contributed by atoms with Crippen LogP contribution in [0.2, 0.25) is 0 Å². The summed E-state index contributed by atoms with van der Waals surface area (Å²) in [6, 6.07) is -1.61. The van der Waals surface area contributed by atoms with Crippen molar-refractivity contribution in [3.8, 4) is 0 Å². The Kier molecular flexibility index (Phi) is 7.63. The van der Waals surface area contributed by atoms with Crippen molar-refractivity contribution in [2.45, 2.75) is 45.2 Å². The van der Waals surface area contributed by atoms with E-state index in [0.29, 0.717) is 25.8 Å². The molecule has 1 rings (SSSR count). The predicted octanol–water partition coefficient (Wildman–Crippen LogP) is -1.33. The van der Waals surface area contributed by atoms with Crippen LogP contribution in [0.1, 0.15) is 33.1 Å². The smallest absolute Gasteiger partial charge is 0.326 e. The normalized spacial score (nSPS) is 18.3. The molecule has 9 nitrogen and oxygen atoms in total. The predicted molar refractivity (Wildman–Crippen MR) is 85.8 cm³/mol. The highest BCUT2D eigenvalue weighted by molar-refractivity contribution is 5.92. The summed E-state index contributed by atoms with van der Waals surface area (Å²) in [5.41, 5.74) is 5.32. The molecule has 0 bridgehead atoms. The minimum absolute atomic E-state index is 0.107. The molecule has 0 spiro atoms. The number of aliphatic carboxylic acids is 1. The molecule has 24 heavy (non-hydrogen) atoms. The minimum Gasteiger partial charge on any atom is -0.480 e. The van der Waals surface area contributed by atoms with E-state index in [1.54, 1.807) is 0 Å². The Morgan fingerprint density at radius 2 is 1.96 bits per heavy atom. The van der Waals surface area contributed by atoms with E-state index in [1.807, 2.05) is 13.8 Å². The Morgan fingerprint density at radius 3 is 2.50 bits per heavy atom. The third-order valence-electron chi connectivity index (χ3n) is 3.81. The lowest BCUT2D eigenvalue weighted by Crippen LogP contribution is -2.51. The zero-order valence-electron chi connectivity index (χ0n) is 14.1. The molecule has 0 aromatic rings. The first-order valence-electron chi connectivity index (χ1n) is 8.05. The van der Waals surface area contributed by atoms with Crippen molar-refractivity contribution in [2.24, 2.45) is 11.7 Å². The third-order valence-corrected chi connectivity index (χ3v) is 3.81. The van der Waals surface area contributed by atoms with Gasteiger partial charge in [-0.05, 0) is 25.2 Å². The second-order valence-corrected chi connectivity index (χ2v) is 6.25. The van der Waals surface area contributed by atoms with E-state index in [1.165, 1.54) is 4.90 Å². The fourth-order valence-corrected chi connectivity index (χ4v) is 2.68. The Hall–Kier alpha value is -2.16. The molecule has 5 N–H and O–H groups in total. The average molecular weight is 342 g/mol. The van der Waals surface area contributed by atoms with E-state index >= 15 is 0 Å². The summed E-state index contributed by atoms with van der Waals surface area (Å²) in [7, 11) is 0. The first-order valence-corrected chi connectivity index (χ1v) is 8.05. The number of hydrogen-bond acceptors (Lipinski definition) is 5. The van der Waals surface area contributed by atoms with E-state index in [-0.39, 0.29) is 24.9 Å². The fourth-order valence-electron chi connectivity index (χ4n) is 2.68. The molecule has 9 heteroatoms. The quantitative estimate of drug-likeness (QED) is 0.430. The molecule has 136 valence electrons. The molecule has 0 radical (unpaired) electrons. The van der Waals surface area contributed by atoms with Crippen LogP contribution in [0.5, 0.6) is 0 Å². The standard InChI is InChI=1S/C15H26N4O5/c1-9(2)6-10(15(23)24)18-12(20)8-17-14(22)11-4-3-5-19(11)13(21)7-16/h9-11H,3-8,16H2,1-2H3,(H,17,22)(H,18,20)(H,23,24)/t10-,11-/m0/s1. The van der Waals surface area contributed by atoms with E-state index < -0.39 is 29.9 Å². The fraction of sp³-hybridized carbons (Fsp3) is 0.733. The third kappa shape index (κ3) is 5.80. The van der Waals surface area contributed by atoms with Gasteiger partial charge in [-0.2, -0.15) is 0 Å². The molecule has 0 aromatic carbocycles. The molecule has 1 fully saturated rings. The number of amides is 3. The molecule has 1 heterocycles. The molecule has 0 unspecified atom stereocenters. The highest BCUT2D eigenvalue weighted by atomic mass is 16.4. The Balaban J connectivity index is 2.49. The Morgan fingerprint density at radius 1 is 1.29 bits per heavy atom. The number of carboxylic acid groups (broad SMARTS) is 1. The minimum atomic E-state index is -1.11. The summed E-state index contributed by atoms with van der Waals surface area (Å²) in [6.45, 7) is 3.68. The van der Waals surface area contributed by atoms with Gasteiger partial charge >= 0.3 is 5.97 Å². The lowest BCUT2D eigenvalue weighted by molar-refractivity contribution is -0.142. The van der Waals surface area contributed by atoms with Gasteiger partial charge in [-0.3, -0.25) is 14.4 Å². The number of rotatable bonds is 8. The van der Waals surface area contributed by atoms with Crippen LogP contribution < -0.4 is 16.4 Å². The summed E-state index contributed by atoms with van der Waals surface area (Å²) in [5, 5.41) is 13.9. The second-order valence-electron chi connectivity index (χ2n) is 6.25. The number of carbonyl (C=O) groups excluding carboxylic acids is 3. The highest BCUT2D eigenvalue weighted by Gasteiger charge is 2.33. The molecule has 1 saturated heterocycles. The van der Waals surface area contributed by atoms with Crippen molar-refractivity contribution < 1.29 is 24.3 Å². The maximum Gasteiger partial charge on any atom is 0.326 e. The zero-order valence-corrected chi connectivity index (χ0v) is 14.1. The van der Waals surface area contributed by atoms with Crippen LogP contribution in [-0.4, -0.2) is 65.4 Å². The van der Waals surface area contributed by atoms with E-state index in [9.17, 15) is 19.2 Å². The Labute approximate surface area is 140 Å². The van der Waals surface area contributed by atoms with Crippen LogP contribution in [0.4, 0.5) is 0 Å². The van der Waals surface area contributed by atoms with Crippen LogP contribution in [0.3, 0.4) is 0 Å². The number of hydrogen-bond donors (Lipinski definition) is 4. The molecule has 2 atom stereocenters. The maximum atomic E-state index is 12.1. The van der Waals surface area contributed by atoms with Crippen molar-refractivity contribution in [3.63, 3.8) is 0 Å². The highest BCUT2D eigenvalue weighted by Crippen LogP contribution is 2.17. The second kappa shape index (κ2) is 9.21. The monoisotopic (exact) mass is 342 g/mol. The topological polar surface area (TPSA) is 142 Å². The molecule has 0 saturated carbocycles. The van der Waals surface area contributed by atoms with Crippen LogP contribution >= 0.6 is 0 Å². The molecular formula is C15H26N4O5. The van der Waals surface area contributed by atoms with Gasteiger partial charge in [0.1, 0.15) is 12.1 Å². The SMILES string of the molecule is CC(C)C[C@H](NC(=O)CNC(=O)[C@@H]1CCCN1C(=O)CN)C(=O)O. The summed E-state index contributed by atoms with van der Waals surface area (Å²) < 4.78 is 0. The number of likely N-dealkylation sites (tertiary alicyclic amines) is 1. The number of nitrogens with one attached hydrogen (secondary N) is 2. The van der Waals surface area contributed by atoms with Crippen LogP contribution in [0.15, 0.2) is 0 Å². The largest absolute Gasteiger partial charge is 0.480 e. The van der Waals surface area contributed by atoms with Crippen LogP contribution in [0.25, 0.3) is 0 Å². The van der Waals surface area contributed by atoms with Crippen molar-refractivity contribution in [3.05, 3.63) is 0 Å². The van der Waals surface area contributed by atoms with Gasteiger partial charge < -0.3 is 26.4 Å². The molecule has 0 aromatic heterocycles. The van der Waals surface area contributed by atoms with Crippen molar-refractivity contribution in [2.75, 3.05) is 19.6 Å². The Bertz CT molecular complexity index is 494. The number of carboxylic acids is 1. The summed E-state index contributed by atoms with van der Waals surface area (Å²) in [5.74, 6) is -2.32. The summed E-state index contributed by atoms with van der Waals surface area (Å²) in [4.78, 5) is 48.2. The first-order chi connectivity index (χ1) is 11.3. The van der Waals surface area contributed by atoms with E-state index in [0.717, 1.165) is 0 Å². The molecule has 3 amide bonds. The van der Waals surface area contributed by atoms with Crippen LogP contribution in [-0.2, 0) is 19.2 Å². The number of nitrogens with zero attached hydrogens (tertiary/aromatic N) is 1. The van der Waals surface area contributed by atoms with Gasteiger partial charge in [0.2, 0.25) is 17.7 Å². The zero-order chi connectivity index (χ0) is 18.3. The average Bonchev–Trinajstić information content (AvgIpc) is 3.00. The van der Waals surface area contributed by atoms with Gasteiger partial charge in [0.15, 0.2) is 0 Å². The number of nitrogens with two attached hydrogens (primary N) is 1. The van der Waals surface area contributed by atoms with Crippen molar-refractivity contribution in [1.82, 2.24) is 15.5 Å². The first kappa shape index (κ1) is 19.9. The molecular weight excluding hydrogens is 316 g/mol. The summed E-state index contributed by atoms with van der Waals surface area (Å²) >= 11 is 0. The lowest BCUT2D eigenvalue weighted by atomic mass is 10.0. The van der Waals surface area contributed by atoms with Gasteiger partial charge in [0, 0.05) is 6.54 Å². The van der Waals surface area contributed by atoms with E-state index in [4.69, 9.17) is 10.8 Å². The van der Waals surface area contributed by atoms with E-state index in [2.05, 4.69) is 10.6 Å². The van der Waals surface area contributed by atoms with Gasteiger partial charge in [0.05, 0.1) is 13.1 Å². The molecule has 1 aliphatic heterocycles. The van der Waals surface area contributed by atoms with Gasteiger partial charge in [-0.1, -0.05) is 13.8 Å². The van der Waals surface area contributed by atoms with Gasteiger partial charge in [0.25, 0.3) is 0 Å².